The first kappa shape index (κ1) is 21.9. The maximum atomic E-state index is 12.2. The minimum atomic E-state index is -0.457. The molecule has 0 aliphatic heterocycles. The summed E-state index contributed by atoms with van der Waals surface area (Å²) in [6.45, 7) is 6.64. The summed E-state index contributed by atoms with van der Waals surface area (Å²) in [5, 5.41) is 2.75. The molecule has 2 aromatic rings. The highest BCUT2D eigenvalue weighted by atomic mass is 16.5. The first-order valence-corrected chi connectivity index (χ1v) is 9.62. The second-order valence-corrected chi connectivity index (χ2v) is 7.01. The molecule has 0 saturated carbocycles. The molecule has 2 aromatic carbocycles. The fourth-order valence-electron chi connectivity index (χ4n) is 2.38. The highest BCUT2D eigenvalue weighted by Gasteiger charge is 2.10. The Labute approximate surface area is 170 Å². The van der Waals surface area contributed by atoms with E-state index in [1.165, 1.54) is 0 Å². The van der Waals surface area contributed by atoms with Crippen molar-refractivity contribution in [1.29, 1.82) is 0 Å². The maximum absolute atomic E-state index is 12.2. The Bertz CT molecular complexity index is 830. The van der Waals surface area contributed by atoms with E-state index < -0.39 is 11.8 Å². The van der Waals surface area contributed by atoms with Crippen LogP contribution in [0.5, 0.6) is 5.75 Å². The van der Waals surface area contributed by atoms with Gasteiger partial charge in [0.1, 0.15) is 5.75 Å². The molecule has 3 amide bonds. The number of hydrogen-bond donors (Lipinski definition) is 3. The molecule has 0 bridgehead atoms. The highest BCUT2D eigenvalue weighted by Crippen LogP contribution is 2.13. The summed E-state index contributed by atoms with van der Waals surface area (Å²) < 4.78 is 5.58. The van der Waals surface area contributed by atoms with Gasteiger partial charge in [-0.2, -0.15) is 0 Å². The highest BCUT2D eigenvalue weighted by molar-refractivity contribution is 5.99. The summed E-state index contributed by atoms with van der Waals surface area (Å²) in [6.07, 6.45) is 1.21. The summed E-state index contributed by atoms with van der Waals surface area (Å²) in [7, 11) is 0. The summed E-state index contributed by atoms with van der Waals surface area (Å²) in [6, 6.07) is 13.1. The van der Waals surface area contributed by atoms with Crippen molar-refractivity contribution in [3.63, 3.8) is 0 Å². The molecule has 0 aliphatic rings. The molecule has 7 nitrogen and oxygen atoms in total. The van der Waals surface area contributed by atoms with E-state index in [0.29, 0.717) is 41.5 Å². The van der Waals surface area contributed by atoms with Crippen LogP contribution in [0, 0.1) is 5.92 Å². The van der Waals surface area contributed by atoms with Gasteiger partial charge in [-0.25, -0.2) is 0 Å². The molecule has 0 aromatic heterocycles. The van der Waals surface area contributed by atoms with E-state index in [9.17, 15) is 14.4 Å². The Morgan fingerprint density at radius 1 is 0.862 bits per heavy atom. The summed E-state index contributed by atoms with van der Waals surface area (Å²) in [5.41, 5.74) is 6.13. The molecule has 154 valence electrons. The Morgan fingerprint density at radius 3 is 1.86 bits per heavy atom. The minimum Gasteiger partial charge on any atom is -0.493 e. The van der Waals surface area contributed by atoms with Crippen molar-refractivity contribution in [2.45, 2.75) is 33.6 Å². The molecule has 7 heteroatoms. The van der Waals surface area contributed by atoms with Crippen LogP contribution in [0.4, 0.5) is 5.69 Å². The zero-order valence-electron chi connectivity index (χ0n) is 17.0. The van der Waals surface area contributed by atoms with E-state index in [1.807, 2.05) is 6.92 Å². The normalized spacial score (nSPS) is 10.3. The number of amides is 3. The van der Waals surface area contributed by atoms with E-state index in [4.69, 9.17) is 4.74 Å². The monoisotopic (exact) mass is 397 g/mol. The minimum absolute atomic E-state index is 0.0717. The average molecular weight is 397 g/mol. The van der Waals surface area contributed by atoms with Gasteiger partial charge < -0.3 is 10.1 Å². The van der Waals surface area contributed by atoms with Crippen molar-refractivity contribution in [2.24, 2.45) is 5.92 Å². The van der Waals surface area contributed by atoms with Gasteiger partial charge in [-0.15, -0.1) is 0 Å². The Hall–Kier alpha value is -3.35. The number of rotatable bonds is 8. The molecule has 29 heavy (non-hydrogen) atoms. The van der Waals surface area contributed by atoms with Crippen molar-refractivity contribution in [3.8, 4) is 5.75 Å². The van der Waals surface area contributed by atoms with Crippen LogP contribution in [0.3, 0.4) is 0 Å². The van der Waals surface area contributed by atoms with Gasteiger partial charge in [-0.3, -0.25) is 25.2 Å². The molecule has 3 N–H and O–H groups in total. The lowest BCUT2D eigenvalue weighted by Gasteiger charge is -2.10. The molecular formula is C22H27N3O4. The molecule has 0 fully saturated rings. The number of hydrogen-bond acceptors (Lipinski definition) is 4. The Balaban J connectivity index is 1.85. The third-order valence-electron chi connectivity index (χ3n) is 3.90. The third-order valence-corrected chi connectivity index (χ3v) is 3.90. The lowest BCUT2D eigenvalue weighted by Crippen LogP contribution is -2.41. The smallest absolute Gasteiger partial charge is 0.269 e. The van der Waals surface area contributed by atoms with Gasteiger partial charge in [0.05, 0.1) is 6.61 Å². The SMILES string of the molecule is CCCC(=O)Nc1ccc(C(=O)NNC(=O)c2ccc(OCC(C)C)cc2)cc1. The fraction of sp³-hybridized carbons (Fsp3) is 0.318. The van der Waals surface area contributed by atoms with Crippen LogP contribution in [-0.4, -0.2) is 24.3 Å². The zero-order chi connectivity index (χ0) is 21.2. The molecule has 0 radical (unpaired) electrons. The molecular weight excluding hydrogens is 370 g/mol. The van der Waals surface area contributed by atoms with Crippen molar-refractivity contribution < 1.29 is 19.1 Å². The average Bonchev–Trinajstić information content (AvgIpc) is 2.71. The molecule has 0 saturated heterocycles. The van der Waals surface area contributed by atoms with Crippen molar-refractivity contribution in [1.82, 2.24) is 10.9 Å². The fourth-order valence-corrected chi connectivity index (χ4v) is 2.38. The summed E-state index contributed by atoms with van der Waals surface area (Å²) in [5.74, 6) is 0.136. The second-order valence-electron chi connectivity index (χ2n) is 7.01. The summed E-state index contributed by atoms with van der Waals surface area (Å²) in [4.78, 5) is 36.0. The van der Waals surface area contributed by atoms with Gasteiger partial charge in [0.25, 0.3) is 11.8 Å². The van der Waals surface area contributed by atoms with Crippen LogP contribution < -0.4 is 20.9 Å². The zero-order valence-corrected chi connectivity index (χ0v) is 17.0. The number of hydrazine groups is 1. The number of benzene rings is 2. The van der Waals surface area contributed by atoms with E-state index in [2.05, 4.69) is 30.0 Å². The van der Waals surface area contributed by atoms with Crippen LogP contribution in [0.2, 0.25) is 0 Å². The second kappa shape index (κ2) is 10.8. The quantitative estimate of drug-likeness (QED) is 0.594. The molecule has 0 heterocycles. The van der Waals surface area contributed by atoms with Crippen LogP contribution >= 0.6 is 0 Å². The van der Waals surface area contributed by atoms with Crippen LogP contribution in [-0.2, 0) is 4.79 Å². The van der Waals surface area contributed by atoms with Crippen LogP contribution in [0.1, 0.15) is 54.3 Å². The van der Waals surface area contributed by atoms with Crippen LogP contribution in [0.25, 0.3) is 0 Å². The van der Waals surface area contributed by atoms with Gasteiger partial charge in [-0.05, 0) is 60.9 Å². The summed E-state index contributed by atoms with van der Waals surface area (Å²) >= 11 is 0. The standard InChI is InChI=1S/C22H27N3O4/c1-4-5-20(26)23-18-10-6-16(7-11-18)21(27)24-25-22(28)17-8-12-19(13-9-17)29-14-15(2)3/h6-13,15H,4-5,14H2,1-3H3,(H,23,26)(H,24,27)(H,25,28). The number of anilines is 1. The third kappa shape index (κ3) is 7.29. The molecule has 0 spiro atoms. The van der Waals surface area contributed by atoms with Crippen molar-refractivity contribution >= 4 is 23.4 Å². The topological polar surface area (TPSA) is 96.5 Å². The first-order valence-electron chi connectivity index (χ1n) is 9.62. The predicted octanol–water partition coefficient (Wildman–Crippen LogP) is 3.53. The van der Waals surface area contributed by atoms with E-state index in [1.54, 1.807) is 48.5 Å². The van der Waals surface area contributed by atoms with Crippen molar-refractivity contribution in [3.05, 3.63) is 59.7 Å². The lowest BCUT2D eigenvalue weighted by atomic mass is 10.2. The van der Waals surface area contributed by atoms with E-state index in [0.717, 1.165) is 6.42 Å². The number of nitrogens with one attached hydrogen (secondary N) is 3. The predicted molar refractivity (Wildman–Crippen MR) is 112 cm³/mol. The van der Waals surface area contributed by atoms with Gasteiger partial charge in [-0.1, -0.05) is 20.8 Å². The number of ether oxygens (including phenoxy) is 1. The largest absolute Gasteiger partial charge is 0.493 e. The Kier molecular flexibility index (Phi) is 8.21. The van der Waals surface area contributed by atoms with Gasteiger partial charge in [0.15, 0.2) is 0 Å². The van der Waals surface area contributed by atoms with Gasteiger partial charge in [0, 0.05) is 23.2 Å². The van der Waals surface area contributed by atoms with E-state index >= 15 is 0 Å². The molecule has 0 atom stereocenters. The van der Waals surface area contributed by atoms with Crippen LogP contribution in [0.15, 0.2) is 48.5 Å². The molecule has 2 rings (SSSR count). The number of carbonyl (C=O) groups is 3. The number of carbonyl (C=O) groups excluding carboxylic acids is 3. The lowest BCUT2D eigenvalue weighted by molar-refractivity contribution is -0.116. The first-order chi connectivity index (χ1) is 13.9. The maximum Gasteiger partial charge on any atom is 0.269 e. The van der Waals surface area contributed by atoms with Gasteiger partial charge in [0.2, 0.25) is 5.91 Å². The molecule has 0 aliphatic carbocycles. The van der Waals surface area contributed by atoms with E-state index in [-0.39, 0.29) is 5.91 Å². The van der Waals surface area contributed by atoms with Gasteiger partial charge >= 0.3 is 0 Å². The molecule has 0 unspecified atom stereocenters. The van der Waals surface area contributed by atoms with Crippen molar-refractivity contribution in [2.75, 3.05) is 11.9 Å². The Morgan fingerprint density at radius 2 is 1.38 bits per heavy atom.